The fraction of sp³-hybridized carbons (Fsp3) is 0.375. The predicted molar refractivity (Wildman–Crippen MR) is 167 cm³/mol. The molecule has 0 saturated heterocycles. The number of nitrogens with zero attached hydrogens (tertiary/aromatic N) is 2. The summed E-state index contributed by atoms with van der Waals surface area (Å²) in [6.45, 7) is 9.36. The maximum absolute atomic E-state index is 14.2. The summed E-state index contributed by atoms with van der Waals surface area (Å²) in [6.07, 6.45) is 1.08. The SMILES string of the molecule is CCOc1ccccc1N(CC(=O)N(Cc1ccc(C)cc1)C(CC)C(=O)NC(C)CC)S(=O)(=O)c1ccc(Cl)cc1. The number of ether oxygens (including phenoxy) is 1. The molecule has 3 rings (SSSR count). The zero-order valence-corrected chi connectivity index (χ0v) is 26.4. The lowest BCUT2D eigenvalue weighted by molar-refractivity contribution is -0.140. The average Bonchev–Trinajstić information content (AvgIpc) is 2.97. The number of hydrogen-bond acceptors (Lipinski definition) is 5. The van der Waals surface area contributed by atoms with Gasteiger partial charge in [-0.2, -0.15) is 0 Å². The number of aryl methyl sites for hydroxylation is 1. The summed E-state index contributed by atoms with van der Waals surface area (Å²) in [4.78, 5) is 29.1. The zero-order valence-electron chi connectivity index (χ0n) is 24.8. The first-order valence-electron chi connectivity index (χ1n) is 14.2. The van der Waals surface area contributed by atoms with Crippen molar-refractivity contribution in [3.63, 3.8) is 0 Å². The van der Waals surface area contributed by atoms with Gasteiger partial charge in [0.25, 0.3) is 10.0 Å². The van der Waals surface area contributed by atoms with Crippen LogP contribution in [-0.4, -0.2) is 50.4 Å². The van der Waals surface area contributed by atoms with Crippen LogP contribution >= 0.6 is 11.6 Å². The van der Waals surface area contributed by atoms with E-state index in [0.29, 0.717) is 23.8 Å². The molecule has 226 valence electrons. The second kappa shape index (κ2) is 15.1. The van der Waals surface area contributed by atoms with E-state index in [1.807, 2.05) is 52.0 Å². The largest absolute Gasteiger partial charge is 0.492 e. The van der Waals surface area contributed by atoms with E-state index < -0.39 is 28.5 Å². The third-order valence-corrected chi connectivity index (χ3v) is 9.00. The van der Waals surface area contributed by atoms with Gasteiger partial charge in [-0.1, -0.05) is 67.4 Å². The number of carbonyl (C=O) groups excluding carboxylic acids is 2. The Kier molecular flexibility index (Phi) is 11.8. The summed E-state index contributed by atoms with van der Waals surface area (Å²) in [5, 5.41) is 3.37. The minimum Gasteiger partial charge on any atom is -0.492 e. The lowest BCUT2D eigenvalue weighted by atomic mass is 10.1. The van der Waals surface area contributed by atoms with Gasteiger partial charge in [0.05, 0.1) is 17.2 Å². The minimum atomic E-state index is -4.25. The molecule has 0 fully saturated rings. The van der Waals surface area contributed by atoms with Crippen molar-refractivity contribution in [3.05, 3.63) is 88.9 Å². The Morgan fingerprint density at radius 2 is 1.57 bits per heavy atom. The first kappa shape index (κ1) is 32.9. The molecule has 0 bridgehead atoms. The van der Waals surface area contributed by atoms with Crippen LogP contribution in [0.4, 0.5) is 5.69 Å². The van der Waals surface area contributed by atoms with Gasteiger partial charge in [0.1, 0.15) is 18.3 Å². The molecule has 2 unspecified atom stereocenters. The minimum absolute atomic E-state index is 0.0300. The molecular weight excluding hydrogens is 574 g/mol. The lowest BCUT2D eigenvalue weighted by Crippen LogP contribution is -2.53. The van der Waals surface area contributed by atoms with E-state index in [4.69, 9.17) is 16.3 Å². The van der Waals surface area contributed by atoms with Crippen molar-refractivity contribution in [1.82, 2.24) is 10.2 Å². The van der Waals surface area contributed by atoms with Crippen LogP contribution in [-0.2, 0) is 26.2 Å². The number of sulfonamides is 1. The van der Waals surface area contributed by atoms with Gasteiger partial charge >= 0.3 is 0 Å². The Bertz CT molecular complexity index is 1450. The first-order chi connectivity index (χ1) is 20.0. The van der Waals surface area contributed by atoms with Crippen LogP contribution in [0, 0.1) is 6.92 Å². The zero-order chi connectivity index (χ0) is 30.9. The highest BCUT2D eigenvalue weighted by atomic mass is 35.5. The van der Waals surface area contributed by atoms with Gasteiger partial charge in [-0.25, -0.2) is 8.42 Å². The number of carbonyl (C=O) groups is 2. The summed E-state index contributed by atoms with van der Waals surface area (Å²) >= 11 is 6.04. The summed E-state index contributed by atoms with van der Waals surface area (Å²) in [6, 6.07) is 19.2. The molecule has 0 spiro atoms. The van der Waals surface area contributed by atoms with Crippen LogP contribution in [0.2, 0.25) is 5.02 Å². The van der Waals surface area contributed by atoms with Crippen molar-refractivity contribution in [2.75, 3.05) is 17.5 Å². The van der Waals surface area contributed by atoms with Gasteiger partial charge in [0, 0.05) is 17.6 Å². The molecule has 2 atom stereocenters. The Morgan fingerprint density at radius 3 is 2.17 bits per heavy atom. The highest BCUT2D eigenvalue weighted by molar-refractivity contribution is 7.92. The van der Waals surface area contributed by atoms with Crippen LogP contribution in [0.5, 0.6) is 5.75 Å². The van der Waals surface area contributed by atoms with Gasteiger partial charge in [-0.05, 0) is 75.6 Å². The lowest BCUT2D eigenvalue weighted by Gasteiger charge is -2.34. The summed E-state index contributed by atoms with van der Waals surface area (Å²) in [7, 11) is -4.25. The number of amides is 2. The van der Waals surface area contributed by atoms with Gasteiger partial charge in [-0.3, -0.25) is 13.9 Å². The van der Waals surface area contributed by atoms with Gasteiger partial charge < -0.3 is 15.0 Å². The van der Waals surface area contributed by atoms with E-state index in [9.17, 15) is 18.0 Å². The van der Waals surface area contributed by atoms with Crippen molar-refractivity contribution in [3.8, 4) is 5.75 Å². The van der Waals surface area contributed by atoms with Crippen molar-refractivity contribution >= 4 is 39.1 Å². The van der Waals surface area contributed by atoms with Crippen molar-refractivity contribution in [1.29, 1.82) is 0 Å². The highest BCUT2D eigenvalue weighted by Crippen LogP contribution is 2.33. The summed E-state index contributed by atoms with van der Waals surface area (Å²) in [5.41, 5.74) is 2.10. The van der Waals surface area contributed by atoms with E-state index in [2.05, 4.69) is 5.32 Å². The third kappa shape index (κ3) is 8.26. The number of halogens is 1. The number of nitrogens with one attached hydrogen (secondary N) is 1. The van der Waals surface area contributed by atoms with E-state index in [1.54, 1.807) is 31.2 Å². The fourth-order valence-corrected chi connectivity index (χ4v) is 5.99. The monoisotopic (exact) mass is 613 g/mol. The number of para-hydroxylation sites is 2. The Hall–Kier alpha value is -3.56. The fourth-order valence-electron chi connectivity index (χ4n) is 4.44. The second-order valence-electron chi connectivity index (χ2n) is 10.1. The molecule has 1 N–H and O–H groups in total. The highest BCUT2D eigenvalue weighted by Gasteiger charge is 2.35. The second-order valence-corrected chi connectivity index (χ2v) is 12.4. The molecular formula is C32H40ClN3O5S. The van der Waals surface area contributed by atoms with Crippen LogP contribution < -0.4 is 14.4 Å². The number of benzene rings is 3. The molecule has 3 aromatic carbocycles. The van der Waals surface area contributed by atoms with Crippen LogP contribution in [0.1, 0.15) is 51.7 Å². The smallest absolute Gasteiger partial charge is 0.264 e. The molecule has 0 saturated carbocycles. The average molecular weight is 614 g/mol. The molecule has 0 aromatic heterocycles. The molecule has 0 aliphatic rings. The molecule has 3 aromatic rings. The normalized spacial score (nSPS) is 12.7. The van der Waals surface area contributed by atoms with Crippen molar-refractivity contribution in [2.45, 2.75) is 71.0 Å². The Balaban J connectivity index is 2.10. The van der Waals surface area contributed by atoms with E-state index in [-0.39, 0.29) is 29.1 Å². The van der Waals surface area contributed by atoms with Crippen LogP contribution in [0.3, 0.4) is 0 Å². The molecule has 8 nitrogen and oxygen atoms in total. The van der Waals surface area contributed by atoms with Gasteiger partial charge in [0.2, 0.25) is 11.8 Å². The van der Waals surface area contributed by atoms with E-state index in [0.717, 1.165) is 21.9 Å². The van der Waals surface area contributed by atoms with E-state index in [1.165, 1.54) is 29.2 Å². The summed E-state index contributed by atoms with van der Waals surface area (Å²) < 4.78 is 35.0. The molecule has 0 radical (unpaired) electrons. The molecule has 0 aliphatic carbocycles. The van der Waals surface area contributed by atoms with Crippen LogP contribution in [0.15, 0.2) is 77.7 Å². The molecule has 2 amide bonds. The van der Waals surface area contributed by atoms with Crippen molar-refractivity contribution < 1.29 is 22.7 Å². The maximum atomic E-state index is 14.2. The topological polar surface area (TPSA) is 96.0 Å². The predicted octanol–water partition coefficient (Wildman–Crippen LogP) is 5.96. The van der Waals surface area contributed by atoms with Gasteiger partial charge in [0.15, 0.2) is 0 Å². The van der Waals surface area contributed by atoms with Crippen molar-refractivity contribution in [2.24, 2.45) is 0 Å². The van der Waals surface area contributed by atoms with Crippen LogP contribution in [0.25, 0.3) is 0 Å². The Morgan fingerprint density at radius 1 is 0.929 bits per heavy atom. The molecule has 0 heterocycles. The number of anilines is 1. The maximum Gasteiger partial charge on any atom is 0.264 e. The summed E-state index contributed by atoms with van der Waals surface area (Å²) in [5.74, 6) is -0.489. The van der Waals surface area contributed by atoms with E-state index >= 15 is 0 Å². The van der Waals surface area contributed by atoms with Gasteiger partial charge in [-0.15, -0.1) is 0 Å². The standard InChI is InChI=1S/C32H40ClN3O5S/c1-6-24(5)34-32(38)28(7-2)35(21-25-15-13-23(4)14-16-25)31(37)22-36(29-11-9-10-12-30(29)41-8-3)42(39,40)27-19-17-26(33)18-20-27/h9-20,24,28H,6-8,21-22H2,1-5H3,(H,34,38). The number of hydrogen-bond donors (Lipinski definition) is 1. The molecule has 10 heteroatoms. The third-order valence-electron chi connectivity index (χ3n) is 6.97. The number of rotatable bonds is 14. The molecule has 42 heavy (non-hydrogen) atoms. The quantitative estimate of drug-likeness (QED) is 0.242. The Labute approximate surface area is 254 Å². The first-order valence-corrected chi connectivity index (χ1v) is 16.0. The molecule has 0 aliphatic heterocycles.